The van der Waals surface area contributed by atoms with E-state index in [1.54, 1.807) is 30.3 Å². The van der Waals surface area contributed by atoms with Crippen LogP contribution in [0.2, 0.25) is 0 Å². The standard InChI is InChI=1S/C18H13NO4S/c1-11-7-14-15(23-10-22-14)8-12(11)9-16-17(20)19(18(21)24-16)13-5-3-2-4-6-13/h2-9H,10H2,1H3/b16-9+. The molecule has 2 aromatic carbocycles. The summed E-state index contributed by atoms with van der Waals surface area (Å²) in [5, 5.41) is -0.296. The minimum Gasteiger partial charge on any atom is -0.454 e. The molecule has 0 unspecified atom stereocenters. The number of rotatable bonds is 2. The lowest BCUT2D eigenvalue weighted by molar-refractivity contribution is -0.113. The number of carbonyl (C=O) groups excluding carboxylic acids is 2. The number of hydrogen-bond acceptors (Lipinski definition) is 5. The molecule has 24 heavy (non-hydrogen) atoms. The van der Waals surface area contributed by atoms with Crippen LogP contribution >= 0.6 is 11.8 Å². The number of imide groups is 1. The number of thioether (sulfide) groups is 1. The van der Waals surface area contributed by atoms with Gasteiger partial charge in [0.25, 0.3) is 11.1 Å². The lowest BCUT2D eigenvalue weighted by Gasteiger charge is -2.11. The van der Waals surface area contributed by atoms with Gasteiger partial charge < -0.3 is 9.47 Å². The first kappa shape index (κ1) is 14.8. The van der Waals surface area contributed by atoms with Crippen LogP contribution in [0, 0.1) is 6.92 Å². The molecule has 2 aromatic rings. The molecule has 2 amide bonds. The molecule has 0 saturated carbocycles. The first-order chi connectivity index (χ1) is 11.6. The summed E-state index contributed by atoms with van der Waals surface area (Å²) in [6.45, 7) is 2.12. The van der Waals surface area contributed by atoms with Crippen molar-refractivity contribution < 1.29 is 19.1 Å². The van der Waals surface area contributed by atoms with E-state index in [0.29, 0.717) is 22.1 Å². The highest BCUT2D eigenvalue weighted by atomic mass is 32.2. The van der Waals surface area contributed by atoms with Gasteiger partial charge >= 0.3 is 0 Å². The van der Waals surface area contributed by atoms with Crippen molar-refractivity contribution in [1.82, 2.24) is 0 Å². The first-order valence-electron chi connectivity index (χ1n) is 7.37. The van der Waals surface area contributed by atoms with Crippen LogP contribution in [0.5, 0.6) is 11.5 Å². The maximum Gasteiger partial charge on any atom is 0.298 e. The molecule has 2 aliphatic rings. The quantitative estimate of drug-likeness (QED) is 0.775. The molecule has 6 heteroatoms. The highest BCUT2D eigenvalue weighted by Crippen LogP contribution is 2.39. The molecule has 5 nitrogen and oxygen atoms in total. The second-order valence-electron chi connectivity index (χ2n) is 5.41. The number of aryl methyl sites for hydroxylation is 1. The summed E-state index contributed by atoms with van der Waals surface area (Å²) in [7, 11) is 0. The number of fused-ring (bicyclic) bond motifs is 1. The van der Waals surface area contributed by atoms with Crippen LogP contribution in [0.1, 0.15) is 11.1 Å². The first-order valence-corrected chi connectivity index (χ1v) is 8.18. The Morgan fingerprint density at radius 1 is 1.08 bits per heavy atom. The Kier molecular flexibility index (Phi) is 3.54. The lowest BCUT2D eigenvalue weighted by Crippen LogP contribution is -2.27. The number of carbonyl (C=O) groups is 2. The van der Waals surface area contributed by atoms with Gasteiger partial charge in [0, 0.05) is 0 Å². The van der Waals surface area contributed by atoms with Crippen molar-refractivity contribution >= 4 is 34.7 Å². The molecule has 0 aliphatic carbocycles. The van der Waals surface area contributed by atoms with Crippen LogP contribution < -0.4 is 14.4 Å². The maximum absolute atomic E-state index is 12.6. The van der Waals surface area contributed by atoms with Crippen molar-refractivity contribution in [2.24, 2.45) is 0 Å². The van der Waals surface area contributed by atoms with Crippen LogP contribution in [-0.4, -0.2) is 17.9 Å². The zero-order valence-corrected chi connectivity index (χ0v) is 13.6. The molecular weight excluding hydrogens is 326 g/mol. The predicted molar refractivity (Wildman–Crippen MR) is 92.2 cm³/mol. The number of benzene rings is 2. The molecule has 0 aromatic heterocycles. The minimum absolute atomic E-state index is 0.197. The van der Waals surface area contributed by atoms with E-state index in [-0.39, 0.29) is 17.9 Å². The molecule has 4 rings (SSSR count). The van der Waals surface area contributed by atoms with Gasteiger partial charge in [0.05, 0.1) is 10.6 Å². The van der Waals surface area contributed by atoms with Gasteiger partial charge in [-0.05, 0) is 60.2 Å². The molecule has 120 valence electrons. The van der Waals surface area contributed by atoms with Crippen molar-refractivity contribution in [2.45, 2.75) is 6.92 Å². The van der Waals surface area contributed by atoms with Crippen molar-refractivity contribution in [3.05, 3.63) is 58.5 Å². The van der Waals surface area contributed by atoms with E-state index in [9.17, 15) is 9.59 Å². The molecular formula is C18H13NO4S. The summed E-state index contributed by atoms with van der Waals surface area (Å²) >= 11 is 0.940. The number of amides is 2. The van der Waals surface area contributed by atoms with Gasteiger partial charge in [-0.15, -0.1) is 0 Å². The normalized spacial score (nSPS) is 17.9. The molecule has 0 atom stereocenters. The van der Waals surface area contributed by atoms with Crippen molar-refractivity contribution in [2.75, 3.05) is 11.7 Å². The fraction of sp³-hybridized carbons (Fsp3) is 0.111. The summed E-state index contributed by atoms with van der Waals surface area (Å²) in [4.78, 5) is 26.5. The van der Waals surface area contributed by atoms with Crippen molar-refractivity contribution in [1.29, 1.82) is 0 Å². The Hall–Kier alpha value is -2.73. The van der Waals surface area contributed by atoms with E-state index < -0.39 is 0 Å². The Labute approximate surface area is 142 Å². The molecule has 2 heterocycles. The van der Waals surface area contributed by atoms with Gasteiger partial charge in [-0.25, -0.2) is 4.90 Å². The third-order valence-electron chi connectivity index (χ3n) is 3.86. The zero-order chi connectivity index (χ0) is 16.7. The minimum atomic E-state index is -0.312. The van der Waals surface area contributed by atoms with Crippen LogP contribution in [-0.2, 0) is 4.79 Å². The third-order valence-corrected chi connectivity index (χ3v) is 4.73. The average Bonchev–Trinajstić information content (AvgIpc) is 3.13. The van der Waals surface area contributed by atoms with E-state index in [2.05, 4.69) is 0 Å². The van der Waals surface area contributed by atoms with Gasteiger partial charge in [-0.2, -0.15) is 0 Å². The monoisotopic (exact) mass is 339 g/mol. The molecule has 0 spiro atoms. The highest BCUT2D eigenvalue weighted by molar-refractivity contribution is 8.19. The van der Waals surface area contributed by atoms with Gasteiger partial charge in [-0.3, -0.25) is 9.59 Å². The second kappa shape index (κ2) is 5.72. The summed E-state index contributed by atoms with van der Waals surface area (Å²) in [5.41, 5.74) is 2.36. The number of anilines is 1. The van der Waals surface area contributed by atoms with Crippen LogP contribution in [0.4, 0.5) is 10.5 Å². The number of nitrogens with zero attached hydrogens (tertiary/aromatic N) is 1. The SMILES string of the molecule is Cc1cc2c(cc1/C=C1/SC(=O)N(c3ccccc3)C1=O)OCO2. The Morgan fingerprint density at radius 3 is 2.54 bits per heavy atom. The van der Waals surface area contributed by atoms with E-state index >= 15 is 0 Å². The Bertz CT molecular complexity index is 876. The molecule has 0 radical (unpaired) electrons. The van der Waals surface area contributed by atoms with Gasteiger partial charge in [0.15, 0.2) is 11.5 Å². The Morgan fingerprint density at radius 2 is 1.79 bits per heavy atom. The fourth-order valence-electron chi connectivity index (χ4n) is 2.62. The van der Waals surface area contributed by atoms with Gasteiger partial charge in [0.2, 0.25) is 6.79 Å². The number of para-hydroxylation sites is 1. The second-order valence-corrected chi connectivity index (χ2v) is 6.41. The molecule has 2 aliphatic heterocycles. The van der Waals surface area contributed by atoms with Crippen LogP contribution in [0.25, 0.3) is 6.08 Å². The molecule has 1 fully saturated rings. The van der Waals surface area contributed by atoms with Gasteiger partial charge in [0.1, 0.15) is 0 Å². The summed E-state index contributed by atoms with van der Waals surface area (Å²) in [6.07, 6.45) is 1.73. The third kappa shape index (κ3) is 2.45. The van der Waals surface area contributed by atoms with E-state index in [1.165, 1.54) is 4.90 Å². The van der Waals surface area contributed by atoms with Crippen molar-refractivity contribution in [3.63, 3.8) is 0 Å². The highest BCUT2D eigenvalue weighted by Gasteiger charge is 2.36. The van der Waals surface area contributed by atoms with Crippen molar-refractivity contribution in [3.8, 4) is 11.5 Å². The summed E-state index contributed by atoms with van der Waals surface area (Å²) < 4.78 is 10.7. The van der Waals surface area contributed by atoms with E-state index in [0.717, 1.165) is 22.9 Å². The van der Waals surface area contributed by atoms with Crippen LogP contribution in [0.15, 0.2) is 47.4 Å². The maximum atomic E-state index is 12.6. The molecule has 0 bridgehead atoms. The largest absolute Gasteiger partial charge is 0.454 e. The topological polar surface area (TPSA) is 55.8 Å². The number of ether oxygens (including phenoxy) is 2. The average molecular weight is 339 g/mol. The fourth-order valence-corrected chi connectivity index (χ4v) is 3.46. The summed E-state index contributed by atoms with van der Waals surface area (Å²) in [6, 6.07) is 12.6. The van der Waals surface area contributed by atoms with Gasteiger partial charge in [-0.1, -0.05) is 18.2 Å². The lowest BCUT2D eigenvalue weighted by atomic mass is 10.1. The smallest absolute Gasteiger partial charge is 0.298 e. The van der Waals surface area contributed by atoms with E-state index in [1.807, 2.05) is 25.1 Å². The molecule has 1 saturated heterocycles. The predicted octanol–water partition coefficient (Wildman–Crippen LogP) is 3.96. The number of hydrogen-bond donors (Lipinski definition) is 0. The van der Waals surface area contributed by atoms with Crippen LogP contribution in [0.3, 0.4) is 0 Å². The molecule has 0 N–H and O–H groups in total. The zero-order valence-electron chi connectivity index (χ0n) is 12.8. The Balaban J connectivity index is 1.70. The summed E-state index contributed by atoms with van der Waals surface area (Å²) in [5.74, 6) is 1.03. The van der Waals surface area contributed by atoms with E-state index in [4.69, 9.17) is 9.47 Å².